The monoisotopic (exact) mass is 441 g/mol. The fourth-order valence-electron chi connectivity index (χ4n) is 3.69. The molecule has 0 aromatic heterocycles. The molecule has 0 saturated carbocycles. The minimum atomic E-state index is -3.77. The second kappa shape index (κ2) is 8.32. The van der Waals surface area contributed by atoms with E-state index in [9.17, 15) is 22.4 Å². The van der Waals surface area contributed by atoms with E-state index in [2.05, 4.69) is 5.32 Å². The first kappa shape index (κ1) is 22.2. The molecular formula is C22H20FN3O4S. The number of allylic oxidation sites excluding steroid dienone is 1. The van der Waals surface area contributed by atoms with Crippen LogP contribution in [0, 0.1) is 11.3 Å². The lowest BCUT2D eigenvalue weighted by atomic mass is 9.91. The molecular weight excluding hydrogens is 421 g/mol. The normalized spacial score (nSPS) is 16.7. The highest BCUT2D eigenvalue weighted by Gasteiger charge is 2.37. The molecule has 2 amide bonds. The quantitative estimate of drug-likeness (QED) is 0.763. The van der Waals surface area contributed by atoms with E-state index in [0.717, 1.165) is 6.26 Å². The number of hydrogen-bond donors (Lipinski definition) is 1. The van der Waals surface area contributed by atoms with Gasteiger partial charge in [-0.1, -0.05) is 18.2 Å². The van der Waals surface area contributed by atoms with Gasteiger partial charge < -0.3 is 5.32 Å². The molecule has 0 unspecified atom stereocenters. The number of ketones is 1. The number of nitrogens with one attached hydrogen (secondary N) is 1. The Bertz CT molecular complexity index is 1260. The van der Waals surface area contributed by atoms with E-state index in [1.165, 1.54) is 36.1 Å². The Morgan fingerprint density at radius 3 is 2.55 bits per heavy atom. The van der Waals surface area contributed by atoms with Crippen LogP contribution in [0.3, 0.4) is 0 Å². The fraction of sp³-hybridized carbons (Fsp3) is 0.227. The number of halogens is 1. The second-order valence-electron chi connectivity index (χ2n) is 7.21. The van der Waals surface area contributed by atoms with Crippen molar-refractivity contribution < 1.29 is 22.4 Å². The number of carbonyl (C=O) groups is 2. The van der Waals surface area contributed by atoms with Crippen LogP contribution in [-0.2, 0) is 21.3 Å². The third-order valence-electron chi connectivity index (χ3n) is 5.04. The fourth-order valence-corrected chi connectivity index (χ4v) is 4.64. The molecule has 1 atom stereocenters. The standard InChI is InChI=1S/C22H20FN3O4S/c1-13-20(14(2)27)21(18-8-7-16(12-24)10-19(18)31(3,29)30)25-22(28)26(13)17-6-4-5-15(9-17)11-23/h4-10,21H,11H2,1-3H3,(H,25,28)/t21-/m1/s1. The van der Waals surface area contributed by atoms with E-state index >= 15 is 0 Å². The highest BCUT2D eigenvalue weighted by atomic mass is 32.2. The van der Waals surface area contributed by atoms with Crippen molar-refractivity contribution in [1.82, 2.24) is 5.32 Å². The van der Waals surface area contributed by atoms with Gasteiger partial charge >= 0.3 is 6.03 Å². The molecule has 1 aliphatic rings. The van der Waals surface area contributed by atoms with Crippen molar-refractivity contribution in [3.63, 3.8) is 0 Å². The maximum Gasteiger partial charge on any atom is 0.326 e. The minimum absolute atomic E-state index is 0.140. The highest BCUT2D eigenvalue weighted by Crippen LogP contribution is 2.36. The van der Waals surface area contributed by atoms with Crippen molar-refractivity contribution in [2.45, 2.75) is 31.5 Å². The number of anilines is 1. The Morgan fingerprint density at radius 1 is 1.26 bits per heavy atom. The van der Waals surface area contributed by atoms with E-state index in [1.807, 2.05) is 6.07 Å². The average molecular weight is 441 g/mol. The summed E-state index contributed by atoms with van der Waals surface area (Å²) in [6.07, 6.45) is 0.996. The van der Waals surface area contributed by atoms with Gasteiger partial charge in [-0.2, -0.15) is 5.26 Å². The molecule has 1 heterocycles. The Hall–Kier alpha value is -3.51. The van der Waals surface area contributed by atoms with E-state index in [0.29, 0.717) is 16.9 Å². The molecule has 160 valence electrons. The summed E-state index contributed by atoms with van der Waals surface area (Å²) in [5, 5.41) is 11.8. The van der Waals surface area contributed by atoms with Gasteiger partial charge in [-0.05, 0) is 49.2 Å². The van der Waals surface area contributed by atoms with E-state index in [-0.39, 0.29) is 27.4 Å². The van der Waals surface area contributed by atoms with Gasteiger partial charge in [-0.3, -0.25) is 9.69 Å². The average Bonchev–Trinajstić information content (AvgIpc) is 2.72. The lowest BCUT2D eigenvalue weighted by molar-refractivity contribution is -0.114. The first-order valence-corrected chi connectivity index (χ1v) is 11.2. The number of rotatable bonds is 5. The minimum Gasteiger partial charge on any atom is -0.326 e. The number of alkyl halides is 1. The van der Waals surface area contributed by atoms with Gasteiger partial charge in [0.2, 0.25) is 0 Å². The van der Waals surface area contributed by atoms with Gasteiger partial charge in [0.1, 0.15) is 6.67 Å². The molecule has 0 bridgehead atoms. The van der Waals surface area contributed by atoms with Gasteiger partial charge in [0.05, 0.1) is 28.3 Å². The summed E-state index contributed by atoms with van der Waals surface area (Å²) >= 11 is 0. The van der Waals surface area contributed by atoms with Gasteiger partial charge in [0.15, 0.2) is 15.6 Å². The molecule has 2 aromatic rings. The molecule has 0 aliphatic carbocycles. The molecule has 7 nitrogen and oxygen atoms in total. The van der Waals surface area contributed by atoms with Crippen LogP contribution in [0.15, 0.2) is 58.6 Å². The second-order valence-corrected chi connectivity index (χ2v) is 9.20. The number of urea groups is 1. The van der Waals surface area contributed by atoms with Crippen LogP contribution in [0.5, 0.6) is 0 Å². The summed E-state index contributed by atoms with van der Waals surface area (Å²) in [4.78, 5) is 26.7. The molecule has 1 N–H and O–H groups in total. The van der Waals surface area contributed by atoms with Crippen molar-refractivity contribution >= 4 is 27.3 Å². The van der Waals surface area contributed by atoms with Gasteiger partial charge in [-0.25, -0.2) is 17.6 Å². The highest BCUT2D eigenvalue weighted by molar-refractivity contribution is 7.90. The number of hydrogen-bond acceptors (Lipinski definition) is 5. The van der Waals surface area contributed by atoms with Crippen LogP contribution < -0.4 is 10.2 Å². The smallest absolute Gasteiger partial charge is 0.326 e. The lowest BCUT2D eigenvalue weighted by Gasteiger charge is -2.36. The number of nitrogens with zero attached hydrogens (tertiary/aromatic N) is 2. The number of amides is 2. The summed E-state index contributed by atoms with van der Waals surface area (Å²) in [7, 11) is -3.77. The van der Waals surface area contributed by atoms with Gasteiger partial charge in [-0.15, -0.1) is 0 Å². The molecule has 9 heteroatoms. The molecule has 1 aliphatic heterocycles. The summed E-state index contributed by atoms with van der Waals surface area (Å²) < 4.78 is 37.9. The number of carbonyl (C=O) groups excluding carboxylic acids is 2. The topological polar surface area (TPSA) is 107 Å². The summed E-state index contributed by atoms with van der Waals surface area (Å²) in [6, 6.07) is 10.7. The Labute approximate surface area is 179 Å². The first-order valence-electron chi connectivity index (χ1n) is 9.29. The first-order chi connectivity index (χ1) is 14.6. The Kier molecular flexibility index (Phi) is 5.95. The summed E-state index contributed by atoms with van der Waals surface area (Å²) in [6.45, 7) is 2.19. The van der Waals surface area contributed by atoms with Gasteiger partial charge in [0.25, 0.3) is 0 Å². The zero-order chi connectivity index (χ0) is 22.9. The van der Waals surface area contributed by atoms with E-state index < -0.39 is 28.6 Å². The number of Topliss-reactive ketones (excluding diaryl/α,β-unsaturated/α-hetero) is 1. The largest absolute Gasteiger partial charge is 0.326 e. The zero-order valence-electron chi connectivity index (χ0n) is 17.1. The van der Waals surface area contributed by atoms with E-state index in [1.54, 1.807) is 25.1 Å². The molecule has 0 saturated heterocycles. The van der Waals surface area contributed by atoms with Crippen LogP contribution >= 0.6 is 0 Å². The number of nitriles is 1. The summed E-state index contributed by atoms with van der Waals surface area (Å²) in [5.41, 5.74) is 1.58. The predicted octanol–water partition coefficient (Wildman–Crippen LogP) is 3.57. The van der Waals surface area contributed by atoms with E-state index in [4.69, 9.17) is 5.26 Å². The van der Waals surface area contributed by atoms with Crippen LogP contribution in [0.2, 0.25) is 0 Å². The van der Waals surface area contributed by atoms with Gasteiger partial charge in [0, 0.05) is 17.5 Å². The van der Waals surface area contributed by atoms with Crippen molar-refractivity contribution in [2.75, 3.05) is 11.2 Å². The summed E-state index contributed by atoms with van der Waals surface area (Å²) in [5.74, 6) is -0.363. The molecule has 2 aromatic carbocycles. The predicted molar refractivity (Wildman–Crippen MR) is 113 cm³/mol. The van der Waals surface area contributed by atoms with Crippen molar-refractivity contribution in [1.29, 1.82) is 5.26 Å². The van der Waals surface area contributed by atoms with Crippen molar-refractivity contribution in [3.8, 4) is 6.07 Å². The number of benzene rings is 2. The molecule has 31 heavy (non-hydrogen) atoms. The van der Waals surface area contributed by atoms with Crippen LogP contribution in [0.1, 0.15) is 36.6 Å². The zero-order valence-corrected chi connectivity index (χ0v) is 18.0. The molecule has 0 fully saturated rings. The van der Waals surface area contributed by atoms with Crippen molar-refractivity contribution in [2.24, 2.45) is 0 Å². The van der Waals surface area contributed by atoms with Crippen LogP contribution in [0.25, 0.3) is 0 Å². The third-order valence-corrected chi connectivity index (χ3v) is 6.19. The van der Waals surface area contributed by atoms with Crippen LogP contribution in [0.4, 0.5) is 14.9 Å². The van der Waals surface area contributed by atoms with Crippen molar-refractivity contribution in [3.05, 3.63) is 70.4 Å². The number of sulfone groups is 1. The molecule has 0 spiro atoms. The lowest BCUT2D eigenvalue weighted by Crippen LogP contribution is -2.48. The Balaban J connectivity index is 2.23. The third kappa shape index (κ3) is 4.20. The maximum atomic E-state index is 13.1. The molecule has 3 rings (SSSR count). The maximum absolute atomic E-state index is 13.1. The van der Waals surface area contributed by atoms with Crippen LogP contribution in [-0.4, -0.2) is 26.5 Å². The SMILES string of the molecule is CC(=O)C1=C(C)N(c2cccc(CF)c2)C(=O)N[C@@H]1c1ccc(C#N)cc1S(C)(=O)=O. The Morgan fingerprint density at radius 2 is 1.97 bits per heavy atom. The molecule has 0 radical (unpaired) electrons.